The highest BCUT2D eigenvalue weighted by atomic mass is 35.5. The van der Waals surface area contributed by atoms with Crippen LogP contribution in [0.25, 0.3) is 0 Å². The Kier molecular flexibility index (Phi) is 6.41. The predicted molar refractivity (Wildman–Crippen MR) is 56.4 cm³/mol. The lowest BCUT2D eigenvalue weighted by atomic mass is 10.2. The van der Waals surface area contributed by atoms with Gasteiger partial charge in [-0.25, -0.2) is 0 Å². The number of carbonyl (C=O) groups is 2. The quantitative estimate of drug-likeness (QED) is 0.555. The highest BCUT2D eigenvalue weighted by molar-refractivity contribution is 6.67. The third-order valence-corrected chi connectivity index (χ3v) is 1.43. The summed E-state index contributed by atoms with van der Waals surface area (Å²) in [5, 5.41) is -0.407. The summed E-state index contributed by atoms with van der Waals surface area (Å²) in [5.41, 5.74) is 0.541. The first-order valence-corrected chi connectivity index (χ1v) is 4.32. The van der Waals surface area contributed by atoms with Gasteiger partial charge >= 0.3 is 0 Å². The minimum Gasteiger partial charge on any atom is -0.351 e. The molecule has 1 rings (SSSR count). The van der Waals surface area contributed by atoms with Crippen LogP contribution in [0, 0.1) is 0 Å². The van der Waals surface area contributed by atoms with Gasteiger partial charge < -0.3 is 4.90 Å². The maximum Gasteiger partial charge on any atom is 0.252 e. The lowest BCUT2D eigenvalue weighted by Crippen LogP contribution is -2.06. The van der Waals surface area contributed by atoms with Crippen molar-refractivity contribution in [1.29, 1.82) is 0 Å². The monoisotopic (exact) mass is 213 g/mol. The molecule has 0 aliphatic heterocycles. The Bertz CT molecular complexity index is 285. The van der Waals surface area contributed by atoms with E-state index in [1.54, 1.807) is 38.4 Å². The molecular weight excluding hydrogens is 202 g/mol. The second-order valence-electron chi connectivity index (χ2n) is 2.71. The van der Waals surface area contributed by atoms with Crippen LogP contribution in [-0.4, -0.2) is 30.6 Å². The highest BCUT2D eigenvalue weighted by Gasteiger charge is 1.95. The Morgan fingerprint density at radius 2 is 1.71 bits per heavy atom. The highest BCUT2D eigenvalue weighted by Crippen LogP contribution is 2.01. The van der Waals surface area contributed by atoms with E-state index < -0.39 is 5.24 Å². The molecule has 0 saturated heterocycles. The third-order valence-electron chi connectivity index (χ3n) is 1.21. The summed E-state index contributed by atoms with van der Waals surface area (Å²) < 4.78 is 0. The van der Waals surface area contributed by atoms with Crippen LogP contribution in [0.2, 0.25) is 0 Å². The van der Waals surface area contributed by atoms with Gasteiger partial charge in [0.2, 0.25) is 6.41 Å². The normalized spacial score (nSPS) is 8.21. The summed E-state index contributed by atoms with van der Waals surface area (Å²) in [4.78, 5) is 21.3. The van der Waals surface area contributed by atoms with Crippen molar-refractivity contribution in [3.8, 4) is 0 Å². The topological polar surface area (TPSA) is 37.4 Å². The van der Waals surface area contributed by atoms with Crippen molar-refractivity contribution >= 4 is 23.3 Å². The first-order chi connectivity index (χ1) is 6.57. The lowest BCUT2D eigenvalue weighted by Gasteiger charge is -1.93. The maximum absolute atomic E-state index is 10.4. The van der Waals surface area contributed by atoms with Gasteiger partial charge in [-0.2, -0.15) is 0 Å². The predicted octanol–water partition coefficient (Wildman–Crippen LogP) is 1.77. The Morgan fingerprint density at radius 3 is 1.93 bits per heavy atom. The van der Waals surface area contributed by atoms with Crippen LogP contribution in [0.5, 0.6) is 0 Å². The first kappa shape index (κ1) is 12.7. The molecule has 1 amide bonds. The molecule has 0 fully saturated rings. The van der Waals surface area contributed by atoms with Gasteiger partial charge in [-0.3, -0.25) is 9.59 Å². The van der Waals surface area contributed by atoms with Crippen molar-refractivity contribution in [2.45, 2.75) is 0 Å². The fourth-order valence-electron chi connectivity index (χ4n) is 0.569. The van der Waals surface area contributed by atoms with Crippen molar-refractivity contribution < 1.29 is 9.59 Å². The van der Waals surface area contributed by atoms with Crippen LogP contribution in [0.3, 0.4) is 0 Å². The molecule has 3 nitrogen and oxygen atoms in total. The van der Waals surface area contributed by atoms with E-state index in [1.807, 2.05) is 6.07 Å². The molecule has 76 valence electrons. The number of hydrogen-bond donors (Lipinski definition) is 0. The summed E-state index contributed by atoms with van der Waals surface area (Å²) in [6.07, 6.45) is 0.750. The van der Waals surface area contributed by atoms with E-state index in [4.69, 9.17) is 11.6 Å². The number of halogens is 1. The summed E-state index contributed by atoms with van der Waals surface area (Å²) >= 11 is 5.16. The minimum absolute atomic E-state index is 0.407. The number of amides is 1. The molecule has 4 heteroatoms. The molecule has 1 aromatic rings. The van der Waals surface area contributed by atoms with Gasteiger partial charge in [0.25, 0.3) is 5.24 Å². The molecule has 0 aliphatic rings. The molecule has 0 unspecified atom stereocenters. The standard InChI is InChI=1S/C7H5ClO.C3H7NO/c8-7(9)6-4-2-1-3-5-6;1-4(2)3-5/h1-5H;3H,1-2H3. The zero-order valence-electron chi connectivity index (χ0n) is 8.11. The molecule has 0 aromatic heterocycles. The van der Waals surface area contributed by atoms with Crippen molar-refractivity contribution in [3.63, 3.8) is 0 Å². The molecule has 0 radical (unpaired) electrons. The number of rotatable bonds is 2. The number of carbonyl (C=O) groups excluding carboxylic acids is 2. The van der Waals surface area contributed by atoms with Crippen LogP contribution in [-0.2, 0) is 4.79 Å². The van der Waals surface area contributed by atoms with Gasteiger partial charge in [0.15, 0.2) is 0 Å². The largest absolute Gasteiger partial charge is 0.351 e. The van der Waals surface area contributed by atoms with Gasteiger partial charge in [-0.1, -0.05) is 30.3 Å². The number of benzene rings is 1. The van der Waals surface area contributed by atoms with Crippen LogP contribution < -0.4 is 0 Å². The van der Waals surface area contributed by atoms with E-state index in [1.165, 1.54) is 4.90 Å². The summed E-state index contributed by atoms with van der Waals surface area (Å²) in [5.74, 6) is 0. The van der Waals surface area contributed by atoms with Crippen molar-refractivity contribution in [2.24, 2.45) is 0 Å². The molecule has 0 bridgehead atoms. The van der Waals surface area contributed by atoms with Crippen LogP contribution in [0.15, 0.2) is 30.3 Å². The van der Waals surface area contributed by atoms with Crippen molar-refractivity contribution in [1.82, 2.24) is 4.90 Å². The van der Waals surface area contributed by atoms with E-state index in [2.05, 4.69) is 0 Å². The zero-order chi connectivity index (χ0) is 11.0. The van der Waals surface area contributed by atoms with E-state index in [9.17, 15) is 9.59 Å². The Labute approximate surface area is 88.3 Å². The molecular formula is C10H12ClNO2. The SMILES string of the molecule is CN(C)C=O.O=C(Cl)c1ccccc1. The first-order valence-electron chi connectivity index (χ1n) is 3.94. The average molecular weight is 214 g/mol. The second kappa shape index (κ2) is 7.09. The van der Waals surface area contributed by atoms with Gasteiger partial charge in [0.05, 0.1) is 0 Å². The van der Waals surface area contributed by atoms with Gasteiger partial charge in [0.1, 0.15) is 0 Å². The van der Waals surface area contributed by atoms with Crippen LogP contribution in [0.1, 0.15) is 10.4 Å². The molecule has 0 atom stereocenters. The fraction of sp³-hybridized carbons (Fsp3) is 0.200. The van der Waals surface area contributed by atoms with E-state index in [0.717, 1.165) is 6.41 Å². The lowest BCUT2D eigenvalue weighted by molar-refractivity contribution is -0.115. The third kappa shape index (κ3) is 6.20. The van der Waals surface area contributed by atoms with Gasteiger partial charge in [0, 0.05) is 19.7 Å². The average Bonchev–Trinajstić information content (AvgIpc) is 2.20. The molecule has 0 N–H and O–H groups in total. The minimum atomic E-state index is -0.407. The molecule has 0 spiro atoms. The smallest absolute Gasteiger partial charge is 0.252 e. The van der Waals surface area contributed by atoms with E-state index >= 15 is 0 Å². The van der Waals surface area contributed by atoms with Crippen molar-refractivity contribution in [2.75, 3.05) is 14.1 Å². The molecule has 1 aromatic carbocycles. The van der Waals surface area contributed by atoms with Crippen LogP contribution >= 0.6 is 11.6 Å². The van der Waals surface area contributed by atoms with Gasteiger partial charge in [-0.05, 0) is 11.6 Å². The molecule has 14 heavy (non-hydrogen) atoms. The molecule has 0 saturated carbocycles. The van der Waals surface area contributed by atoms with Crippen molar-refractivity contribution in [3.05, 3.63) is 35.9 Å². The van der Waals surface area contributed by atoms with E-state index in [0.29, 0.717) is 5.56 Å². The fourth-order valence-corrected chi connectivity index (χ4v) is 0.695. The summed E-state index contributed by atoms with van der Waals surface area (Å²) in [6, 6.07) is 8.74. The summed E-state index contributed by atoms with van der Waals surface area (Å²) in [6.45, 7) is 0. The van der Waals surface area contributed by atoms with Gasteiger partial charge in [-0.15, -0.1) is 0 Å². The molecule has 0 heterocycles. The van der Waals surface area contributed by atoms with E-state index in [-0.39, 0.29) is 0 Å². The molecule has 0 aliphatic carbocycles. The number of hydrogen-bond acceptors (Lipinski definition) is 2. The Balaban J connectivity index is 0.000000292. The maximum atomic E-state index is 10.4. The Hall–Kier alpha value is -1.35. The van der Waals surface area contributed by atoms with Crippen LogP contribution in [0.4, 0.5) is 0 Å². The summed E-state index contributed by atoms with van der Waals surface area (Å²) in [7, 11) is 3.38. The zero-order valence-corrected chi connectivity index (χ0v) is 8.86. The second-order valence-corrected chi connectivity index (χ2v) is 3.05. The Morgan fingerprint density at radius 1 is 1.29 bits per heavy atom. The number of nitrogens with zero attached hydrogens (tertiary/aromatic N) is 1.